The Labute approximate surface area is 169 Å². The van der Waals surface area contributed by atoms with Crippen molar-refractivity contribution in [1.29, 1.82) is 0 Å². The van der Waals surface area contributed by atoms with E-state index in [4.69, 9.17) is 11.6 Å². The Morgan fingerprint density at radius 2 is 2.00 bits per heavy atom. The minimum Gasteiger partial charge on any atom is -0.363 e. The molecule has 1 aromatic heterocycles. The van der Waals surface area contributed by atoms with Gasteiger partial charge in [-0.05, 0) is 55.9 Å². The number of aromatic nitrogens is 2. The lowest BCUT2D eigenvalue weighted by Crippen LogP contribution is -2.34. The second-order valence-electron chi connectivity index (χ2n) is 7.33. The van der Waals surface area contributed by atoms with E-state index in [1.54, 1.807) is 6.20 Å². The summed E-state index contributed by atoms with van der Waals surface area (Å²) in [6.45, 7) is 0.561. The van der Waals surface area contributed by atoms with Crippen LogP contribution in [0.2, 0.25) is 5.02 Å². The molecule has 0 unspecified atom stereocenters. The molecule has 1 aliphatic carbocycles. The topological polar surface area (TPSA) is 70.2 Å². The van der Waals surface area contributed by atoms with Gasteiger partial charge >= 0.3 is 0 Å². The third-order valence-corrected chi connectivity index (χ3v) is 5.33. The molecular formula is C20H25ClFN5O. The van der Waals surface area contributed by atoms with Crippen LogP contribution in [0.1, 0.15) is 36.0 Å². The Morgan fingerprint density at radius 3 is 2.71 bits per heavy atom. The van der Waals surface area contributed by atoms with E-state index in [0.717, 1.165) is 31.5 Å². The van der Waals surface area contributed by atoms with E-state index in [1.807, 2.05) is 25.1 Å². The van der Waals surface area contributed by atoms with Gasteiger partial charge in [0.2, 0.25) is 5.95 Å². The Bertz CT molecular complexity index is 824. The fourth-order valence-electron chi connectivity index (χ4n) is 3.37. The number of carbonyl (C=O) groups excluding carboxylic acids is 1. The average molecular weight is 406 g/mol. The average Bonchev–Trinajstić information content (AvgIpc) is 2.69. The zero-order chi connectivity index (χ0) is 20.1. The summed E-state index contributed by atoms with van der Waals surface area (Å²) >= 11 is 5.99. The predicted molar refractivity (Wildman–Crippen MR) is 109 cm³/mol. The summed E-state index contributed by atoms with van der Waals surface area (Å²) in [5.74, 6) is 1.09. The number of halogens is 2. The molecule has 1 amide bonds. The molecule has 0 aliphatic heterocycles. The molecule has 0 atom stereocenters. The lowest BCUT2D eigenvalue weighted by Gasteiger charge is -2.29. The molecule has 1 fully saturated rings. The number of hydrogen-bond acceptors (Lipinski definition) is 5. The summed E-state index contributed by atoms with van der Waals surface area (Å²) in [4.78, 5) is 23.0. The lowest BCUT2D eigenvalue weighted by atomic mass is 9.86. The zero-order valence-corrected chi connectivity index (χ0v) is 16.8. The second kappa shape index (κ2) is 9.19. The van der Waals surface area contributed by atoms with Gasteiger partial charge in [-0.15, -0.1) is 0 Å². The molecule has 1 heterocycles. The third kappa shape index (κ3) is 5.32. The molecule has 8 heteroatoms. The normalized spacial score (nSPS) is 19.1. The summed E-state index contributed by atoms with van der Waals surface area (Å²) < 4.78 is 13.3. The molecule has 3 rings (SSSR count). The summed E-state index contributed by atoms with van der Waals surface area (Å²) in [5.41, 5.74) is 0.176. The smallest absolute Gasteiger partial charge is 0.252 e. The first-order chi connectivity index (χ1) is 13.4. The minimum atomic E-state index is -0.471. The van der Waals surface area contributed by atoms with Crippen molar-refractivity contribution in [2.45, 2.75) is 31.7 Å². The van der Waals surface area contributed by atoms with Gasteiger partial charge in [0, 0.05) is 32.9 Å². The summed E-state index contributed by atoms with van der Waals surface area (Å²) in [7, 11) is 3.89. The van der Waals surface area contributed by atoms with Gasteiger partial charge in [0.15, 0.2) is 0 Å². The van der Waals surface area contributed by atoms with Crippen LogP contribution in [0.15, 0.2) is 30.5 Å². The van der Waals surface area contributed by atoms with Gasteiger partial charge in [-0.25, -0.2) is 9.37 Å². The van der Waals surface area contributed by atoms with Gasteiger partial charge in [-0.1, -0.05) is 11.6 Å². The molecule has 150 valence electrons. The number of carbonyl (C=O) groups is 1. The number of nitrogens with one attached hydrogen (secondary N) is 2. The van der Waals surface area contributed by atoms with E-state index in [-0.39, 0.29) is 16.5 Å². The molecular weight excluding hydrogens is 381 g/mol. The summed E-state index contributed by atoms with van der Waals surface area (Å²) in [6, 6.07) is 6.00. The Balaban J connectivity index is 1.46. The van der Waals surface area contributed by atoms with Crippen LogP contribution in [0.25, 0.3) is 0 Å². The number of rotatable bonds is 6. The van der Waals surface area contributed by atoms with Crippen LogP contribution in [0.5, 0.6) is 0 Å². The molecule has 1 aromatic carbocycles. The molecule has 0 radical (unpaired) electrons. The van der Waals surface area contributed by atoms with E-state index < -0.39 is 5.82 Å². The van der Waals surface area contributed by atoms with Crippen molar-refractivity contribution < 1.29 is 9.18 Å². The minimum absolute atomic E-state index is 0.176. The van der Waals surface area contributed by atoms with Crippen LogP contribution >= 0.6 is 11.6 Å². The van der Waals surface area contributed by atoms with E-state index in [0.29, 0.717) is 24.5 Å². The third-order valence-electron chi connectivity index (χ3n) is 5.00. The number of amides is 1. The molecule has 0 bridgehead atoms. The summed E-state index contributed by atoms with van der Waals surface area (Å²) in [5, 5.41) is 6.54. The van der Waals surface area contributed by atoms with Crippen molar-refractivity contribution in [2.24, 2.45) is 5.92 Å². The standard InChI is InChI=1S/C20H25ClFN5O/c1-27(2)18-9-10-23-20(26-18)25-15-6-3-13(4-7-15)12-24-19(28)16-11-14(22)5-8-17(16)21/h5,8-11,13,15H,3-4,6-7,12H2,1-2H3,(H,24,28)(H,23,25,26)/t13-,15+. The largest absolute Gasteiger partial charge is 0.363 e. The van der Waals surface area contributed by atoms with E-state index in [9.17, 15) is 9.18 Å². The van der Waals surface area contributed by atoms with Gasteiger partial charge in [0.25, 0.3) is 5.91 Å². The number of benzene rings is 1. The Hall–Kier alpha value is -2.41. The second-order valence-corrected chi connectivity index (χ2v) is 7.74. The van der Waals surface area contributed by atoms with Gasteiger partial charge in [0.1, 0.15) is 11.6 Å². The van der Waals surface area contributed by atoms with Crippen molar-refractivity contribution in [2.75, 3.05) is 30.9 Å². The first kappa shape index (κ1) is 20.3. The molecule has 6 nitrogen and oxygen atoms in total. The van der Waals surface area contributed by atoms with Crippen molar-refractivity contribution in [3.8, 4) is 0 Å². The maximum atomic E-state index is 13.3. The van der Waals surface area contributed by atoms with Crippen molar-refractivity contribution in [1.82, 2.24) is 15.3 Å². The number of nitrogens with zero attached hydrogens (tertiary/aromatic N) is 3. The Morgan fingerprint density at radius 1 is 1.25 bits per heavy atom. The molecule has 2 N–H and O–H groups in total. The SMILES string of the molecule is CN(C)c1ccnc(N[C@H]2CC[C@@H](CNC(=O)c3cc(F)ccc3Cl)CC2)n1. The van der Waals surface area contributed by atoms with Crippen LogP contribution in [-0.4, -0.2) is 42.6 Å². The first-order valence-electron chi connectivity index (χ1n) is 9.42. The Kier molecular flexibility index (Phi) is 6.67. The van der Waals surface area contributed by atoms with Crippen LogP contribution in [0.3, 0.4) is 0 Å². The fraction of sp³-hybridized carbons (Fsp3) is 0.450. The van der Waals surface area contributed by atoms with Crippen LogP contribution in [-0.2, 0) is 0 Å². The van der Waals surface area contributed by atoms with Gasteiger partial charge in [0.05, 0.1) is 10.6 Å². The highest BCUT2D eigenvalue weighted by molar-refractivity contribution is 6.33. The van der Waals surface area contributed by atoms with Gasteiger partial charge in [-0.2, -0.15) is 4.98 Å². The molecule has 0 spiro atoms. The maximum Gasteiger partial charge on any atom is 0.252 e. The molecule has 1 saturated carbocycles. The van der Waals surface area contributed by atoms with Crippen LogP contribution in [0.4, 0.5) is 16.2 Å². The van der Waals surface area contributed by atoms with Crippen molar-refractivity contribution >= 4 is 29.3 Å². The van der Waals surface area contributed by atoms with E-state index >= 15 is 0 Å². The number of hydrogen-bond donors (Lipinski definition) is 2. The first-order valence-corrected chi connectivity index (χ1v) is 9.80. The molecule has 0 saturated heterocycles. The van der Waals surface area contributed by atoms with Gasteiger partial charge in [-0.3, -0.25) is 4.79 Å². The van der Waals surface area contributed by atoms with Crippen LogP contribution < -0.4 is 15.5 Å². The van der Waals surface area contributed by atoms with Gasteiger partial charge < -0.3 is 15.5 Å². The molecule has 2 aromatic rings. The molecule has 28 heavy (non-hydrogen) atoms. The van der Waals surface area contributed by atoms with Crippen molar-refractivity contribution in [3.63, 3.8) is 0 Å². The highest BCUT2D eigenvalue weighted by atomic mass is 35.5. The van der Waals surface area contributed by atoms with E-state index in [2.05, 4.69) is 20.6 Å². The van der Waals surface area contributed by atoms with Crippen LogP contribution in [0, 0.1) is 11.7 Å². The summed E-state index contributed by atoms with van der Waals surface area (Å²) in [6.07, 6.45) is 5.70. The molecule has 1 aliphatic rings. The van der Waals surface area contributed by atoms with Crippen molar-refractivity contribution in [3.05, 3.63) is 46.9 Å². The highest BCUT2D eigenvalue weighted by Crippen LogP contribution is 2.26. The zero-order valence-electron chi connectivity index (χ0n) is 16.1. The lowest BCUT2D eigenvalue weighted by molar-refractivity contribution is 0.0943. The van der Waals surface area contributed by atoms with E-state index in [1.165, 1.54) is 18.2 Å². The number of anilines is 2. The maximum absolute atomic E-state index is 13.3. The quantitative estimate of drug-likeness (QED) is 0.766. The predicted octanol–water partition coefficient (Wildman–Crippen LogP) is 3.74. The highest BCUT2D eigenvalue weighted by Gasteiger charge is 2.23. The fourth-order valence-corrected chi connectivity index (χ4v) is 3.57. The monoisotopic (exact) mass is 405 g/mol.